The zero-order valence-electron chi connectivity index (χ0n) is 51.1. The summed E-state index contributed by atoms with van der Waals surface area (Å²) in [5, 5.41) is 6.49. The Kier molecular flexibility index (Phi) is 174. The van der Waals surface area contributed by atoms with Crippen LogP contribution < -0.4 is 175 Å². The fourth-order valence-electron chi connectivity index (χ4n) is 3.69. The number of halogens is 24. The Morgan fingerprint density at radius 3 is 0.664 bits per heavy atom. The third kappa shape index (κ3) is 90.8. The summed E-state index contributed by atoms with van der Waals surface area (Å²) in [5.41, 5.74) is 0. The standard InChI is InChI=1S/C6H9F4NO6S2.C5H6F4NO6S2.C5H9F4NO5S2.C4H6F4NO5S2.C4H6F4O6S2.C3H4F4O6S2.24CH4.3Rb/c1-4(12)11(2)19(14,15)6(9,10)3-5(7,8)18-17-16-13;1-10(3-11)18(13,14)5(8,9)2-4(6,7)17-16-15-12;1-10(2)17(12,13)5(8,9)3-4(6,7)16-15-14-11;1-9-16(11,12)4(7,8)2-3(5,6)15-14-13-10;1-12-16(10,11)4(7,8)2-3(5,6)15-14-13-9;4-2(5,14-13-12-8)1-3(6,7)15(9,10)11;;;;;;;;;;;;;;;;;;;;;;;;;;;/h13H,3H2,1-2H3;12H,2H2,1H3;11H,3H2,1-2H3;10H,2H2,1H3;9H,2H2,1H3;8H,1H2,(H,9,10,11);24*1H4;;;/q;-1;;-1;;;;;;;;;;;;;;;;;;;;;;;;;;;3*+1/p-1. The molecule has 2 amide bonds. The molecule has 0 aromatic heterocycles. The van der Waals surface area contributed by atoms with Crippen LogP contribution in [0.1, 0.15) is 224 Å². The molecule has 0 radical (unpaired) electrons. The maximum Gasteiger partial charge on any atom is 1.00 e. The molecule has 6 N–H and O–H groups in total. The van der Waals surface area contributed by atoms with Gasteiger partial charge in [-0.1, -0.05) is 208 Å². The molecule has 77 heteroatoms. The first-order chi connectivity index (χ1) is 44.5. The van der Waals surface area contributed by atoms with Crippen molar-refractivity contribution < 1.29 is 437 Å². The van der Waals surface area contributed by atoms with Gasteiger partial charge >= 0.3 is 258 Å². The number of hydrogen-bond donors (Lipinski definition) is 6. The predicted octanol–water partition coefficient (Wildman–Crippen LogP) is 15.0. The summed E-state index contributed by atoms with van der Waals surface area (Å²) < 4.78 is 470. The molecule has 0 aromatic rings. The van der Waals surface area contributed by atoms with E-state index in [2.05, 4.69) is 65.1 Å². The molecule has 0 atom stereocenters. The average Bonchev–Trinajstić information content (AvgIpc) is 0.793. The molecular formula is C51H135F24N4O34Rb3S12. The van der Waals surface area contributed by atoms with Gasteiger partial charge in [-0.3, -0.25) is 8.98 Å². The first-order valence-electron chi connectivity index (χ1n) is 21.4. The number of carbonyl (C=O) groups is 1. The van der Waals surface area contributed by atoms with E-state index in [9.17, 15) is 170 Å². The fourth-order valence-corrected chi connectivity index (χ4v) is 10.9. The Morgan fingerprint density at radius 1 is 0.336 bits per heavy atom. The molecule has 0 heterocycles. The molecule has 0 aliphatic carbocycles. The van der Waals surface area contributed by atoms with E-state index in [1.807, 2.05) is 0 Å². The second kappa shape index (κ2) is 96.7. The van der Waals surface area contributed by atoms with Crippen LogP contribution in [0.5, 0.6) is 0 Å². The SMILES string of the molecule is C.C.C.C.C.C.C.C.C.C.C.C.C.C.C.C.C.C.C.C.C.C.C.C.CC(=O)N(C)S(=O)(=O)C(F)(F)CC(F)(F)SOOO.CN(C)S(=O)(=O)C(F)(F)CC(F)(F)SOOO.CN([C-]=O)S(=O)(=O)C(F)(F)CC(F)(F)SOOO.COS(=O)(=O)C(F)(F)CC(F)(F)SOOO.C[N-]S(=O)(=O)C(F)(F)CC(F)(F)SOOO.O=S(=O)([O-])C(F)(F)CC(F)(F)SOOO.[Rb+].[Rb+].[Rb+]. The number of sulfonamides is 4. The summed E-state index contributed by atoms with van der Waals surface area (Å²) in [6.07, 6.45) is -14.1. The Morgan fingerprint density at radius 2 is 0.508 bits per heavy atom. The minimum Gasteiger partial charge on any atom is -0.743 e. The zero-order valence-corrected chi connectivity index (χ0v) is 75.7. The van der Waals surface area contributed by atoms with Gasteiger partial charge < -0.3 is 18.4 Å². The van der Waals surface area contributed by atoms with Crippen molar-refractivity contribution in [3.63, 3.8) is 0 Å². The van der Waals surface area contributed by atoms with Crippen molar-refractivity contribution >= 4 is 145 Å². The zero-order chi connectivity index (χ0) is 82.4. The van der Waals surface area contributed by atoms with Gasteiger partial charge in [-0.2, -0.15) is 129 Å². The van der Waals surface area contributed by atoms with E-state index in [0.29, 0.717) is 41.6 Å². The Labute approximate surface area is 915 Å². The number of amides is 2. The minimum atomic E-state index is -6.20. The van der Waals surface area contributed by atoms with Gasteiger partial charge in [0.15, 0.2) is 10.1 Å². The molecule has 38 nitrogen and oxygen atoms in total. The molecular weight excluding hydrogens is 2310 g/mol. The van der Waals surface area contributed by atoms with E-state index in [0.717, 1.165) is 14.1 Å². The van der Waals surface area contributed by atoms with Crippen molar-refractivity contribution in [2.75, 3.05) is 42.3 Å². The minimum absolute atomic E-state index is 0. The van der Waals surface area contributed by atoms with Gasteiger partial charge in [0.2, 0.25) is 5.91 Å². The Balaban J connectivity index is -0.0000000262. The number of alkyl halides is 24. The van der Waals surface area contributed by atoms with Crippen LogP contribution in [0.4, 0.5) is 105 Å². The van der Waals surface area contributed by atoms with Crippen LogP contribution in [0.2, 0.25) is 0 Å². The van der Waals surface area contributed by atoms with Gasteiger partial charge in [-0.15, -0.1) is 32.4 Å². The van der Waals surface area contributed by atoms with Gasteiger partial charge in [0.25, 0.3) is 20.0 Å². The molecule has 0 aliphatic rings. The van der Waals surface area contributed by atoms with Crippen LogP contribution in [-0.2, 0) is 130 Å². The summed E-state index contributed by atoms with van der Waals surface area (Å²) in [6.45, 7) is 0.670. The Bertz CT molecular complexity index is 3160. The van der Waals surface area contributed by atoms with E-state index in [4.69, 9.17) is 31.5 Å². The summed E-state index contributed by atoms with van der Waals surface area (Å²) in [4.78, 5) is 20.7. The molecule has 128 heavy (non-hydrogen) atoms. The van der Waals surface area contributed by atoms with Gasteiger partial charge in [0.05, 0.1) is 7.11 Å². The second-order valence-electron chi connectivity index (χ2n) is 15.6. The number of rotatable bonds is 42. The van der Waals surface area contributed by atoms with Crippen molar-refractivity contribution in [2.24, 2.45) is 0 Å². The molecule has 0 aliphatic heterocycles. The molecule has 806 valence electrons. The van der Waals surface area contributed by atoms with E-state index in [1.54, 1.807) is 0 Å². The molecule has 0 rings (SSSR count). The maximum atomic E-state index is 13.3. The van der Waals surface area contributed by atoms with Gasteiger partial charge in [-0.25, -0.2) is 73.8 Å². The van der Waals surface area contributed by atoms with Crippen LogP contribution in [0.3, 0.4) is 0 Å². The van der Waals surface area contributed by atoms with Crippen molar-refractivity contribution in [2.45, 2.75) is 287 Å². The fraction of sp³-hybridized carbons (Fsp3) is 0.961. The molecule has 0 spiro atoms. The third-order valence-electron chi connectivity index (χ3n) is 8.06. The Hall–Kier alpha value is 3.60. The molecule has 0 aromatic carbocycles. The second-order valence-corrected chi connectivity index (χ2v) is 32.8. The van der Waals surface area contributed by atoms with Crippen LogP contribution in [-0.4, -0.2) is 217 Å². The van der Waals surface area contributed by atoms with E-state index in [-0.39, 0.29) is 361 Å². The van der Waals surface area contributed by atoms with Gasteiger partial charge in [0.1, 0.15) is 121 Å². The summed E-state index contributed by atoms with van der Waals surface area (Å²) in [7, 11) is -30.0. The summed E-state index contributed by atoms with van der Waals surface area (Å²) >= 11 is -5.97. The van der Waals surface area contributed by atoms with Crippen LogP contribution in [0.25, 0.3) is 4.72 Å². The van der Waals surface area contributed by atoms with E-state index >= 15 is 0 Å². The first kappa shape index (κ1) is 231. The van der Waals surface area contributed by atoms with Gasteiger partial charge in [0, 0.05) is 28.1 Å². The normalized spacial score (nSPS) is 11.0. The largest absolute Gasteiger partial charge is 1.00 e. The monoisotopic (exact) mass is 2440 g/mol. The quantitative estimate of drug-likeness (QED) is 0.00483. The van der Waals surface area contributed by atoms with E-state index in [1.165, 1.54) is 0 Å². The molecule has 0 bridgehead atoms. The molecule has 0 fully saturated rings. The third-order valence-corrected chi connectivity index (χ3v) is 20.2. The van der Waals surface area contributed by atoms with Crippen molar-refractivity contribution in [3.05, 3.63) is 4.72 Å². The van der Waals surface area contributed by atoms with Crippen LogP contribution >= 0.6 is 72.3 Å². The number of hydrogen-bond acceptors (Lipinski definition) is 40. The smallest absolute Gasteiger partial charge is 0.743 e. The first-order valence-corrected chi connectivity index (χ1v) is 34.4. The maximum absolute atomic E-state index is 13.3. The van der Waals surface area contributed by atoms with Crippen LogP contribution in [0.15, 0.2) is 0 Å². The van der Waals surface area contributed by atoms with Crippen molar-refractivity contribution in [3.8, 4) is 0 Å². The number of nitrogens with zero attached hydrogens (tertiary/aromatic N) is 4. The van der Waals surface area contributed by atoms with Crippen molar-refractivity contribution in [1.29, 1.82) is 0 Å². The van der Waals surface area contributed by atoms with Gasteiger partial charge in [-0.05, 0) is 7.05 Å². The van der Waals surface area contributed by atoms with E-state index < -0.39 is 244 Å². The molecule has 0 saturated carbocycles. The number of carbonyl (C=O) groups excluding carboxylic acids is 2. The van der Waals surface area contributed by atoms with Crippen LogP contribution in [0, 0.1) is 0 Å². The predicted molar refractivity (Wildman–Crippen MR) is 439 cm³/mol. The molecule has 0 unspecified atom stereocenters. The average molecular weight is 2450 g/mol. The molecule has 0 saturated heterocycles. The summed E-state index contributed by atoms with van der Waals surface area (Å²) in [5.74, 6) is -1.27. The summed E-state index contributed by atoms with van der Waals surface area (Å²) in [6, 6.07) is 0. The topological polar surface area (TPSA) is 527 Å². The van der Waals surface area contributed by atoms with Crippen molar-refractivity contribution in [1.82, 2.24) is 12.9 Å².